The fraction of sp³-hybridized carbons (Fsp3) is 0.364. The summed E-state index contributed by atoms with van der Waals surface area (Å²) in [6, 6.07) is 8.81. The molecule has 2 aliphatic heterocycles. The molecule has 6 amide bonds. The Balaban J connectivity index is 0.752. The van der Waals surface area contributed by atoms with Crippen molar-refractivity contribution in [1.82, 2.24) is 45.7 Å². The average molecular weight is 947 g/mol. The van der Waals surface area contributed by atoms with E-state index in [2.05, 4.69) is 41.4 Å². The number of piperidine rings is 1. The van der Waals surface area contributed by atoms with Crippen LogP contribution in [0, 0.1) is 6.92 Å². The van der Waals surface area contributed by atoms with E-state index in [9.17, 15) is 47.0 Å². The molecule has 0 aliphatic carbocycles. The van der Waals surface area contributed by atoms with Crippen LogP contribution in [-0.4, -0.2) is 134 Å². The molecule has 2 aromatic carbocycles. The van der Waals surface area contributed by atoms with E-state index in [1.165, 1.54) is 36.5 Å². The summed E-state index contributed by atoms with van der Waals surface area (Å²) >= 11 is 0. The Morgan fingerprint density at radius 3 is 2.44 bits per heavy atom. The number of nitrogens with one attached hydrogen (secondary N) is 4. The standard InChI is InChI=1S/C44H45F3N10O11/c1-25-19-32(54-52-25)29-6-8-34(38(40(29)61)26-20-27(22-48-21-26)44(45,46)47)68-13-11-49-35(58)9-5-28-23-56(55-53-28)12-14-65-15-16-66-17-18-67-24-37(60)50-31-4-2-3-30-39(31)43(64)57(42(30)63)33-7-10-36(59)51-41(33)62/h2-4,6,8,19-23,33,61H,5,7,9-18,24H2,1H3,(H,49,58)(H,50,60)(H,52,54)(H,51,59,62). The van der Waals surface area contributed by atoms with Gasteiger partial charge in [0.1, 0.15) is 30.8 Å². The van der Waals surface area contributed by atoms with Crippen LogP contribution >= 0.6 is 0 Å². The number of ether oxygens (including phenoxy) is 4. The largest absolute Gasteiger partial charge is 0.506 e. The second kappa shape index (κ2) is 21.8. The SMILES string of the molecule is Cc1cc(-c2ccc(OCCNC(=O)CCc3cn(CCOCCOCCOCC(=O)Nc4cccc5c4C(=O)N(C4CCC(=O)NC4=O)C5=O)nn3)c(-c3cncc(C(F)(F)F)c3)c2O)n[nH]1. The van der Waals surface area contributed by atoms with Gasteiger partial charge in [0.25, 0.3) is 11.8 Å². The number of aromatic hydroxyl groups is 1. The number of aromatic amines is 1. The first kappa shape index (κ1) is 48.4. The number of rotatable bonds is 22. The zero-order chi connectivity index (χ0) is 48.4. The van der Waals surface area contributed by atoms with Crippen LogP contribution in [0.15, 0.2) is 61.1 Å². The number of fused-ring (bicyclic) bond motifs is 1. The molecule has 1 saturated heterocycles. The molecule has 0 radical (unpaired) electrons. The number of carbonyl (C=O) groups is 6. The quantitative estimate of drug-likeness (QED) is 0.0493. The smallest absolute Gasteiger partial charge is 0.417 e. The number of hydrogen-bond donors (Lipinski definition) is 5. The number of alkyl halides is 3. The predicted molar refractivity (Wildman–Crippen MR) is 230 cm³/mol. The summed E-state index contributed by atoms with van der Waals surface area (Å²) in [4.78, 5) is 79.9. The first-order valence-electron chi connectivity index (χ1n) is 21.2. The number of halogens is 3. The molecule has 68 heavy (non-hydrogen) atoms. The molecule has 1 fully saturated rings. The van der Waals surface area contributed by atoms with Gasteiger partial charge in [0, 0.05) is 54.7 Å². The number of phenolic OH excluding ortho intramolecular Hbond substituents is 1. The molecule has 5 heterocycles. The molecular formula is C44H45F3N10O11. The lowest BCUT2D eigenvalue weighted by atomic mass is 9.98. The van der Waals surface area contributed by atoms with Crippen LogP contribution < -0.4 is 20.7 Å². The van der Waals surface area contributed by atoms with Crippen molar-refractivity contribution in [2.24, 2.45) is 0 Å². The van der Waals surface area contributed by atoms with Gasteiger partial charge in [-0.2, -0.15) is 18.3 Å². The third kappa shape index (κ3) is 11.9. The molecule has 358 valence electrons. The van der Waals surface area contributed by atoms with Gasteiger partial charge in [0.05, 0.1) is 85.5 Å². The van der Waals surface area contributed by atoms with Gasteiger partial charge in [-0.3, -0.25) is 49.1 Å². The molecule has 2 aliphatic rings. The van der Waals surface area contributed by atoms with Gasteiger partial charge >= 0.3 is 6.18 Å². The Bertz CT molecular complexity index is 2690. The number of benzene rings is 2. The minimum atomic E-state index is -4.67. The number of carbonyl (C=O) groups excluding carboxylic acids is 6. The van der Waals surface area contributed by atoms with Crippen LogP contribution in [0.1, 0.15) is 56.9 Å². The number of amides is 6. The van der Waals surface area contributed by atoms with Crippen molar-refractivity contribution in [3.63, 3.8) is 0 Å². The van der Waals surface area contributed by atoms with E-state index in [1.54, 1.807) is 23.9 Å². The van der Waals surface area contributed by atoms with Gasteiger partial charge in [-0.15, -0.1) is 5.10 Å². The van der Waals surface area contributed by atoms with Crippen LogP contribution in [0.3, 0.4) is 0 Å². The Kier molecular flexibility index (Phi) is 15.5. The molecule has 0 spiro atoms. The van der Waals surface area contributed by atoms with Crippen molar-refractivity contribution in [2.75, 3.05) is 58.1 Å². The molecule has 0 saturated carbocycles. The summed E-state index contributed by atoms with van der Waals surface area (Å²) in [5.41, 5.74) is 0.950. The second-order valence-corrected chi connectivity index (χ2v) is 15.4. The zero-order valence-electron chi connectivity index (χ0n) is 36.4. The van der Waals surface area contributed by atoms with Crippen LogP contribution in [-0.2, 0) is 52.5 Å². The summed E-state index contributed by atoms with van der Waals surface area (Å²) < 4.78 is 64.5. The van der Waals surface area contributed by atoms with E-state index in [-0.39, 0.29) is 116 Å². The zero-order valence-corrected chi connectivity index (χ0v) is 36.4. The molecule has 7 rings (SSSR count). The van der Waals surface area contributed by atoms with Crippen LogP contribution in [0.2, 0.25) is 0 Å². The molecule has 0 bridgehead atoms. The fourth-order valence-corrected chi connectivity index (χ4v) is 7.28. The number of pyridine rings is 1. The minimum absolute atomic E-state index is 0.00379. The van der Waals surface area contributed by atoms with Gasteiger partial charge < -0.3 is 34.7 Å². The number of H-pyrrole nitrogens is 1. The maximum absolute atomic E-state index is 13.5. The molecule has 1 atom stereocenters. The summed E-state index contributed by atoms with van der Waals surface area (Å²) in [5, 5.41) is 33.7. The van der Waals surface area contributed by atoms with Crippen LogP contribution in [0.4, 0.5) is 18.9 Å². The maximum atomic E-state index is 13.5. The topological polar surface area (TPSA) is 271 Å². The molecule has 1 unspecified atom stereocenters. The number of hydrogen-bond acceptors (Lipinski definition) is 15. The van der Waals surface area contributed by atoms with Crippen molar-refractivity contribution in [1.29, 1.82) is 0 Å². The Labute approximate surface area is 384 Å². The lowest BCUT2D eigenvalue weighted by Crippen LogP contribution is -2.54. The molecule has 5 N–H and O–H groups in total. The first-order chi connectivity index (χ1) is 32.7. The van der Waals surface area contributed by atoms with E-state index in [0.717, 1.165) is 11.0 Å². The van der Waals surface area contributed by atoms with E-state index in [4.69, 9.17) is 18.9 Å². The number of imide groups is 2. The predicted octanol–water partition coefficient (Wildman–Crippen LogP) is 2.98. The highest BCUT2D eigenvalue weighted by atomic mass is 19.4. The van der Waals surface area contributed by atoms with Crippen molar-refractivity contribution < 1.29 is 66.0 Å². The Morgan fingerprint density at radius 2 is 1.69 bits per heavy atom. The summed E-state index contributed by atoms with van der Waals surface area (Å²) in [5.74, 6) is -3.82. The lowest BCUT2D eigenvalue weighted by molar-refractivity contribution is -0.138. The highest BCUT2D eigenvalue weighted by molar-refractivity contribution is 6.26. The van der Waals surface area contributed by atoms with E-state index >= 15 is 0 Å². The minimum Gasteiger partial charge on any atom is -0.506 e. The Hall–Kier alpha value is -7.57. The molecule has 24 heteroatoms. The van der Waals surface area contributed by atoms with Gasteiger partial charge in [0.15, 0.2) is 0 Å². The second-order valence-electron chi connectivity index (χ2n) is 15.4. The van der Waals surface area contributed by atoms with Gasteiger partial charge in [0.2, 0.25) is 23.6 Å². The highest BCUT2D eigenvalue weighted by Gasteiger charge is 2.45. The third-order valence-corrected chi connectivity index (χ3v) is 10.5. The number of phenols is 1. The highest BCUT2D eigenvalue weighted by Crippen LogP contribution is 2.45. The third-order valence-electron chi connectivity index (χ3n) is 10.5. The molecule has 21 nitrogen and oxygen atoms in total. The van der Waals surface area contributed by atoms with Crippen molar-refractivity contribution in [2.45, 2.75) is 51.4 Å². The number of anilines is 1. The van der Waals surface area contributed by atoms with Crippen molar-refractivity contribution >= 4 is 41.1 Å². The summed E-state index contributed by atoms with van der Waals surface area (Å²) in [6.45, 7) is 2.79. The van der Waals surface area contributed by atoms with E-state index < -0.39 is 47.3 Å². The molecular weight excluding hydrogens is 902 g/mol. The number of nitrogens with zero attached hydrogens (tertiary/aromatic N) is 6. The number of aromatic nitrogens is 6. The monoisotopic (exact) mass is 946 g/mol. The van der Waals surface area contributed by atoms with E-state index in [0.29, 0.717) is 42.9 Å². The van der Waals surface area contributed by atoms with Crippen molar-refractivity contribution in [3.05, 3.63) is 89.1 Å². The molecule has 3 aromatic heterocycles. The maximum Gasteiger partial charge on any atom is 0.417 e. The fourth-order valence-electron chi connectivity index (χ4n) is 7.28. The van der Waals surface area contributed by atoms with Crippen LogP contribution in [0.5, 0.6) is 11.5 Å². The van der Waals surface area contributed by atoms with Crippen LogP contribution in [0.25, 0.3) is 22.4 Å². The van der Waals surface area contributed by atoms with Gasteiger partial charge in [-0.1, -0.05) is 11.3 Å². The number of aryl methyl sites for hydroxylation is 2. The first-order valence-corrected chi connectivity index (χ1v) is 21.2. The molecule has 5 aromatic rings. The summed E-state index contributed by atoms with van der Waals surface area (Å²) in [6.07, 6.45) is -0.745. The van der Waals surface area contributed by atoms with Gasteiger partial charge in [-0.05, 0) is 49.7 Å². The lowest BCUT2D eigenvalue weighted by Gasteiger charge is -2.27. The van der Waals surface area contributed by atoms with E-state index in [1.807, 2.05) is 0 Å². The average Bonchev–Trinajstić information content (AvgIpc) is 4.02. The summed E-state index contributed by atoms with van der Waals surface area (Å²) in [7, 11) is 0. The van der Waals surface area contributed by atoms with Gasteiger partial charge in [-0.25, -0.2) is 4.68 Å². The normalized spacial score (nSPS) is 14.8. The van der Waals surface area contributed by atoms with Crippen molar-refractivity contribution in [3.8, 4) is 33.9 Å². The Morgan fingerprint density at radius 1 is 0.912 bits per heavy atom.